The minimum absolute atomic E-state index is 0.116. The molecule has 3 aromatic carbocycles. The summed E-state index contributed by atoms with van der Waals surface area (Å²) < 4.78 is 40.6. The molecule has 0 saturated carbocycles. The van der Waals surface area contributed by atoms with E-state index < -0.39 is 28.0 Å². The van der Waals surface area contributed by atoms with Crippen molar-refractivity contribution in [2.75, 3.05) is 18.0 Å². The molecule has 0 N–H and O–H groups in total. The number of nitrogens with zero attached hydrogens (tertiary/aromatic N) is 2. The number of sulfonamides is 1. The van der Waals surface area contributed by atoms with E-state index >= 15 is 0 Å². The van der Waals surface area contributed by atoms with E-state index in [0.717, 1.165) is 5.56 Å². The Balaban J connectivity index is 1.58. The number of esters is 1. The molecule has 1 aliphatic heterocycles. The lowest BCUT2D eigenvalue weighted by Crippen LogP contribution is -2.48. The maximum absolute atomic E-state index is 13.7. The van der Waals surface area contributed by atoms with E-state index in [9.17, 15) is 18.0 Å². The SMILES string of the molecule is COC(=O)c1cn(C(=O)[C@H]2CN(S(=O)(=O)c3ccc(C)cc3)c3ccccc3O2)c2ccccc12. The number of para-hydroxylation sites is 3. The minimum atomic E-state index is -3.98. The molecule has 0 spiro atoms. The van der Waals surface area contributed by atoms with Gasteiger partial charge >= 0.3 is 5.97 Å². The summed E-state index contributed by atoms with van der Waals surface area (Å²) in [5.41, 5.74) is 2.01. The molecule has 5 rings (SSSR count). The van der Waals surface area contributed by atoms with Gasteiger partial charge in [0.2, 0.25) is 0 Å². The predicted molar refractivity (Wildman–Crippen MR) is 130 cm³/mol. The van der Waals surface area contributed by atoms with Gasteiger partial charge in [-0.3, -0.25) is 13.7 Å². The van der Waals surface area contributed by atoms with E-state index in [-0.39, 0.29) is 22.8 Å². The first-order valence-corrected chi connectivity index (χ1v) is 12.3. The summed E-state index contributed by atoms with van der Waals surface area (Å²) in [5, 5.41) is 0.549. The fourth-order valence-electron chi connectivity index (χ4n) is 4.19. The molecule has 0 unspecified atom stereocenters. The molecule has 9 heteroatoms. The Morgan fingerprint density at radius 3 is 2.40 bits per heavy atom. The van der Waals surface area contributed by atoms with Crippen molar-refractivity contribution in [3.8, 4) is 5.75 Å². The molecule has 1 atom stereocenters. The summed E-state index contributed by atoms with van der Waals surface area (Å²) >= 11 is 0. The molecule has 178 valence electrons. The molecule has 4 aromatic rings. The van der Waals surface area contributed by atoms with Gasteiger partial charge in [-0.25, -0.2) is 13.2 Å². The number of fused-ring (bicyclic) bond motifs is 2. The van der Waals surface area contributed by atoms with Crippen LogP contribution in [0.3, 0.4) is 0 Å². The highest BCUT2D eigenvalue weighted by molar-refractivity contribution is 7.92. The largest absolute Gasteiger partial charge is 0.476 e. The Bertz CT molecular complexity index is 1560. The lowest BCUT2D eigenvalue weighted by Gasteiger charge is -2.34. The maximum atomic E-state index is 13.7. The molecule has 8 nitrogen and oxygen atoms in total. The zero-order chi connectivity index (χ0) is 24.7. The Kier molecular flexibility index (Phi) is 5.56. The molecule has 35 heavy (non-hydrogen) atoms. The van der Waals surface area contributed by atoms with Crippen molar-refractivity contribution in [2.24, 2.45) is 0 Å². The van der Waals surface area contributed by atoms with Crippen molar-refractivity contribution in [2.45, 2.75) is 17.9 Å². The molecular formula is C26H22N2O6S. The van der Waals surface area contributed by atoms with Crippen molar-refractivity contribution in [3.63, 3.8) is 0 Å². The zero-order valence-corrected chi connectivity index (χ0v) is 19.9. The first kappa shape index (κ1) is 22.7. The van der Waals surface area contributed by atoms with Gasteiger partial charge in [0.15, 0.2) is 6.10 Å². The normalized spacial score (nSPS) is 15.4. The van der Waals surface area contributed by atoms with Crippen molar-refractivity contribution >= 4 is 38.5 Å². The van der Waals surface area contributed by atoms with Gasteiger partial charge in [0.05, 0.1) is 35.3 Å². The second kappa shape index (κ2) is 8.59. The van der Waals surface area contributed by atoms with Gasteiger partial charge in [-0.15, -0.1) is 0 Å². The highest BCUT2D eigenvalue weighted by atomic mass is 32.2. The summed E-state index contributed by atoms with van der Waals surface area (Å²) in [7, 11) is -2.71. The molecular weight excluding hydrogens is 468 g/mol. The van der Waals surface area contributed by atoms with Crippen LogP contribution in [-0.2, 0) is 14.8 Å². The predicted octanol–water partition coefficient (Wildman–Crippen LogP) is 4.03. The van der Waals surface area contributed by atoms with E-state index in [1.54, 1.807) is 72.8 Å². The van der Waals surface area contributed by atoms with Gasteiger partial charge in [0.1, 0.15) is 5.75 Å². The zero-order valence-electron chi connectivity index (χ0n) is 19.0. The van der Waals surface area contributed by atoms with Crippen LogP contribution >= 0.6 is 0 Å². The topological polar surface area (TPSA) is 94.9 Å². The smallest absolute Gasteiger partial charge is 0.340 e. The number of methoxy groups -OCH3 is 1. The van der Waals surface area contributed by atoms with Crippen molar-refractivity contribution in [1.82, 2.24) is 4.57 Å². The first-order valence-electron chi connectivity index (χ1n) is 10.9. The van der Waals surface area contributed by atoms with Gasteiger partial charge in [-0.1, -0.05) is 48.0 Å². The summed E-state index contributed by atoms with van der Waals surface area (Å²) in [4.78, 5) is 26.1. The summed E-state index contributed by atoms with van der Waals surface area (Å²) in [6.45, 7) is 1.64. The molecule has 2 heterocycles. The highest BCUT2D eigenvalue weighted by Gasteiger charge is 2.38. The van der Waals surface area contributed by atoms with Crippen LogP contribution in [0.2, 0.25) is 0 Å². The fourth-order valence-corrected chi connectivity index (χ4v) is 5.66. The van der Waals surface area contributed by atoms with Crippen molar-refractivity contribution in [3.05, 3.63) is 90.1 Å². The van der Waals surface area contributed by atoms with Gasteiger partial charge < -0.3 is 9.47 Å². The van der Waals surface area contributed by atoms with Crippen molar-refractivity contribution < 1.29 is 27.5 Å². The second-order valence-corrected chi connectivity index (χ2v) is 10.0. The standard InChI is InChI=1S/C26H22N2O6S/c1-17-11-13-18(14-12-17)35(31,32)28-16-24(34-23-10-6-5-9-22(23)28)25(29)27-15-20(26(30)33-2)19-7-3-4-8-21(19)27/h3-15,24H,16H2,1-2H3/t24-/m1/s1. The van der Waals surface area contributed by atoms with Crippen LogP contribution < -0.4 is 9.04 Å². The van der Waals surface area contributed by atoms with Crippen LogP contribution in [0.4, 0.5) is 5.69 Å². The molecule has 0 bridgehead atoms. The fraction of sp³-hybridized carbons (Fsp3) is 0.154. The number of anilines is 1. The van der Waals surface area contributed by atoms with Crippen LogP contribution in [-0.4, -0.2) is 44.6 Å². The third-order valence-corrected chi connectivity index (χ3v) is 7.77. The summed E-state index contributed by atoms with van der Waals surface area (Å²) in [6.07, 6.45) is 0.257. The number of hydrogen-bond donors (Lipinski definition) is 0. The number of aryl methyl sites for hydroxylation is 1. The number of benzene rings is 3. The Labute approximate surface area is 202 Å². The number of ether oxygens (including phenoxy) is 2. The maximum Gasteiger partial charge on any atom is 0.340 e. The number of rotatable bonds is 4. The third-order valence-electron chi connectivity index (χ3n) is 5.97. The van der Waals surface area contributed by atoms with E-state index in [2.05, 4.69) is 0 Å². The molecule has 0 amide bonds. The third kappa shape index (κ3) is 3.83. The molecule has 1 aromatic heterocycles. The summed E-state index contributed by atoms with van der Waals surface area (Å²) in [5.74, 6) is -0.807. The Morgan fingerprint density at radius 1 is 0.971 bits per heavy atom. The van der Waals surface area contributed by atoms with E-state index in [4.69, 9.17) is 9.47 Å². The van der Waals surface area contributed by atoms with Crippen LogP contribution in [0.1, 0.15) is 20.7 Å². The molecule has 0 saturated heterocycles. The Hall–Kier alpha value is -4.11. The van der Waals surface area contributed by atoms with Crippen LogP contribution in [0, 0.1) is 6.92 Å². The number of aromatic nitrogens is 1. The Morgan fingerprint density at radius 2 is 1.66 bits per heavy atom. The van der Waals surface area contributed by atoms with Gasteiger partial charge in [-0.05, 0) is 37.3 Å². The number of carbonyl (C=O) groups excluding carboxylic acids is 2. The number of carbonyl (C=O) groups is 2. The van der Waals surface area contributed by atoms with E-state index in [1.165, 1.54) is 22.2 Å². The van der Waals surface area contributed by atoms with E-state index in [1.807, 2.05) is 6.92 Å². The van der Waals surface area contributed by atoms with Crippen molar-refractivity contribution in [1.29, 1.82) is 0 Å². The summed E-state index contributed by atoms with van der Waals surface area (Å²) in [6, 6.07) is 20.2. The number of hydrogen-bond acceptors (Lipinski definition) is 6. The molecule has 0 aliphatic carbocycles. The second-order valence-electron chi connectivity index (χ2n) is 8.18. The average molecular weight is 491 g/mol. The van der Waals surface area contributed by atoms with Crippen LogP contribution in [0.15, 0.2) is 83.9 Å². The average Bonchev–Trinajstić information content (AvgIpc) is 3.27. The van der Waals surface area contributed by atoms with E-state index in [0.29, 0.717) is 16.6 Å². The molecule has 1 aliphatic rings. The minimum Gasteiger partial charge on any atom is -0.476 e. The lowest BCUT2D eigenvalue weighted by atomic mass is 10.2. The highest BCUT2D eigenvalue weighted by Crippen LogP contribution is 2.37. The van der Waals surface area contributed by atoms with Crippen LogP contribution in [0.25, 0.3) is 10.9 Å². The first-order chi connectivity index (χ1) is 16.8. The van der Waals surface area contributed by atoms with Gasteiger partial charge in [0, 0.05) is 11.6 Å². The van der Waals surface area contributed by atoms with Gasteiger partial charge in [-0.2, -0.15) is 0 Å². The van der Waals surface area contributed by atoms with Gasteiger partial charge in [0.25, 0.3) is 15.9 Å². The molecule has 0 fully saturated rings. The lowest BCUT2D eigenvalue weighted by molar-refractivity contribution is 0.0602. The monoisotopic (exact) mass is 490 g/mol. The van der Waals surface area contributed by atoms with Crippen LogP contribution in [0.5, 0.6) is 5.75 Å². The quantitative estimate of drug-likeness (QED) is 0.401. The molecule has 0 radical (unpaired) electrons.